The standard InChI is InChI=1S/C16H35N.C8H18/c1-3-5-7-9-11-13-15-17-16-14-12-10-8-6-4-2;1-3-5-7-8-6-4-2/h17H,3-16H2,1-2H3;3-8H2,1-2H3. The average Bonchev–Trinajstić information content (AvgIpc) is 2.63. The van der Waals surface area contributed by atoms with Crippen molar-refractivity contribution >= 4 is 0 Å². The normalized spacial score (nSPS) is 10.6. The van der Waals surface area contributed by atoms with Crippen LogP contribution in [0.25, 0.3) is 0 Å². The second-order valence-electron chi connectivity index (χ2n) is 7.70. The molecule has 0 rings (SSSR count). The van der Waals surface area contributed by atoms with Crippen LogP contribution in [0.5, 0.6) is 0 Å². The maximum absolute atomic E-state index is 3.57. The largest absolute Gasteiger partial charge is 0.317 e. The average molecular weight is 356 g/mol. The second-order valence-corrected chi connectivity index (χ2v) is 7.70. The van der Waals surface area contributed by atoms with E-state index in [2.05, 4.69) is 33.0 Å². The molecule has 1 nitrogen and oxygen atoms in total. The van der Waals surface area contributed by atoms with E-state index >= 15 is 0 Å². The van der Waals surface area contributed by atoms with Gasteiger partial charge in [-0.1, -0.05) is 130 Å². The first-order chi connectivity index (χ1) is 12.3. The summed E-state index contributed by atoms with van der Waals surface area (Å²) in [6, 6.07) is 0. The lowest BCUT2D eigenvalue weighted by atomic mass is 10.1. The SMILES string of the molecule is CCCCCCCC.CCCCCCCCNCCCCCCCC. The van der Waals surface area contributed by atoms with Crippen LogP contribution >= 0.6 is 0 Å². The summed E-state index contributed by atoms with van der Waals surface area (Å²) in [4.78, 5) is 0. The van der Waals surface area contributed by atoms with Crippen molar-refractivity contribution in [1.29, 1.82) is 0 Å². The van der Waals surface area contributed by atoms with Crippen LogP contribution in [-0.4, -0.2) is 13.1 Å². The Morgan fingerprint density at radius 3 is 0.840 bits per heavy atom. The lowest BCUT2D eigenvalue weighted by Gasteiger charge is -2.04. The van der Waals surface area contributed by atoms with Crippen LogP contribution in [0.1, 0.15) is 143 Å². The Hall–Kier alpha value is -0.0400. The van der Waals surface area contributed by atoms with Gasteiger partial charge in [-0.3, -0.25) is 0 Å². The fraction of sp³-hybridized carbons (Fsp3) is 1.00. The predicted molar refractivity (Wildman–Crippen MR) is 119 cm³/mol. The minimum Gasteiger partial charge on any atom is -0.317 e. The van der Waals surface area contributed by atoms with Crippen molar-refractivity contribution in [3.05, 3.63) is 0 Å². The number of hydrogen-bond donors (Lipinski definition) is 1. The first-order valence-corrected chi connectivity index (χ1v) is 12.0. The molecule has 0 aromatic rings. The minimum absolute atomic E-state index is 1.24. The van der Waals surface area contributed by atoms with E-state index in [0.29, 0.717) is 0 Å². The van der Waals surface area contributed by atoms with E-state index in [1.807, 2.05) is 0 Å². The van der Waals surface area contributed by atoms with E-state index in [4.69, 9.17) is 0 Å². The van der Waals surface area contributed by atoms with Gasteiger partial charge in [0.25, 0.3) is 0 Å². The molecule has 0 aliphatic rings. The van der Waals surface area contributed by atoms with Gasteiger partial charge in [-0.2, -0.15) is 0 Å². The zero-order valence-corrected chi connectivity index (χ0v) is 18.6. The predicted octanol–water partition coefficient (Wildman–Crippen LogP) is 8.66. The maximum Gasteiger partial charge on any atom is -0.00489 e. The third-order valence-corrected chi connectivity index (χ3v) is 4.87. The summed E-state index contributed by atoms with van der Waals surface area (Å²) >= 11 is 0. The Balaban J connectivity index is 0. The highest BCUT2D eigenvalue weighted by atomic mass is 14.8. The van der Waals surface area contributed by atoms with Crippen molar-refractivity contribution in [2.24, 2.45) is 0 Å². The van der Waals surface area contributed by atoms with Gasteiger partial charge in [0.15, 0.2) is 0 Å². The molecule has 0 aromatic heterocycles. The summed E-state index contributed by atoms with van der Waals surface area (Å²) in [5, 5.41) is 3.57. The Kier molecular flexibility index (Phi) is 31.3. The molecule has 0 aliphatic carbocycles. The summed E-state index contributed by atoms with van der Waals surface area (Å²) in [5.74, 6) is 0. The number of hydrogen-bond acceptors (Lipinski definition) is 1. The third-order valence-electron chi connectivity index (χ3n) is 4.87. The molecule has 154 valence electrons. The molecule has 0 heterocycles. The molecule has 0 saturated carbocycles. The Morgan fingerprint density at radius 2 is 0.560 bits per heavy atom. The molecular weight excluding hydrogens is 302 g/mol. The van der Waals surface area contributed by atoms with Crippen molar-refractivity contribution in [3.8, 4) is 0 Å². The molecule has 0 aromatic carbocycles. The summed E-state index contributed by atoms with van der Waals surface area (Å²) in [6.07, 6.45) is 25.4. The maximum atomic E-state index is 3.57. The van der Waals surface area contributed by atoms with Gasteiger partial charge in [0, 0.05) is 0 Å². The van der Waals surface area contributed by atoms with E-state index in [1.165, 1.54) is 129 Å². The molecular formula is C24H53N. The molecule has 1 heteroatoms. The van der Waals surface area contributed by atoms with Crippen molar-refractivity contribution in [2.75, 3.05) is 13.1 Å². The van der Waals surface area contributed by atoms with Crippen LogP contribution in [-0.2, 0) is 0 Å². The highest BCUT2D eigenvalue weighted by molar-refractivity contribution is 4.51. The molecule has 0 atom stereocenters. The van der Waals surface area contributed by atoms with Gasteiger partial charge in [0.1, 0.15) is 0 Å². The smallest absolute Gasteiger partial charge is 0.00489 e. The van der Waals surface area contributed by atoms with Crippen molar-refractivity contribution < 1.29 is 0 Å². The van der Waals surface area contributed by atoms with Gasteiger partial charge in [-0.25, -0.2) is 0 Å². The zero-order valence-electron chi connectivity index (χ0n) is 18.6. The van der Waals surface area contributed by atoms with Gasteiger partial charge in [-0.05, 0) is 25.9 Å². The summed E-state index contributed by atoms with van der Waals surface area (Å²) in [7, 11) is 0. The minimum atomic E-state index is 1.24. The van der Waals surface area contributed by atoms with Crippen molar-refractivity contribution in [3.63, 3.8) is 0 Å². The van der Waals surface area contributed by atoms with Gasteiger partial charge in [0.2, 0.25) is 0 Å². The first kappa shape index (κ1) is 27.2. The van der Waals surface area contributed by atoms with Crippen molar-refractivity contribution in [1.82, 2.24) is 5.32 Å². The fourth-order valence-electron chi connectivity index (χ4n) is 3.04. The summed E-state index contributed by atoms with van der Waals surface area (Å²) in [6.45, 7) is 11.5. The molecule has 0 radical (unpaired) electrons. The fourth-order valence-corrected chi connectivity index (χ4v) is 3.04. The van der Waals surface area contributed by atoms with Crippen LogP contribution in [0.2, 0.25) is 0 Å². The highest BCUT2D eigenvalue weighted by Crippen LogP contribution is 2.05. The highest BCUT2D eigenvalue weighted by Gasteiger charge is 1.92. The Bertz CT molecular complexity index is 171. The van der Waals surface area contributed by atoms with Crippen LogP contribution < -0.4 is 5.32 Å². The Labute approximate surface area is 162 Å². The van der Waals surface area contributed by atoms with Gasteiger partial charge in [0.05, 0.1) is 0 Å². The molecule has 1 N–H and O–H groups in total. The molecule has 25 heavy (non-hydrogen) atoms. The molecule has 0 bridgehead atoms. The summed E-state index contributed by atoms with van der Waals surface area (Å²) < 4.78 is 0. The van der Waals surface area contributed by atoms with E-state index in [1.54, 1.807) is 0 Å². The van der Waals surface area contributed by atoms with E-state index in [9.17, 15) is 0 Å². The lowest BCUT2D eigenvalue weighted by Crippen LogP contribution is -2.16. The van der Waals surface area contributed by atoms with Crippen LogP contribution in [0.4, 0.5) is 0 Å². The lowest BCUT2D eigenvalue weighted by molar-refractivity contribution is 0.543. The van der Waals surface area contributed by atoms with Crippen LogP contribution in [0.3, 0.4) is 0 Å². The molecule has 0 fully saturated rings. The van der Waals surface area contributed by atoms with E-state index in [0.717, 1.165) is 0 Å². The second kappa shape index (κ2) is 28.8. The molecule has 0 spiro atoms. The quantitative estimate of drug-likeness (QED) is 0.228. The number of nitrogens with one attached hydrogen (secondary N) is 1. The zero-order chi connectivity index (χ0) is 18.8. The molecule has 0 unspecified atom stereocenters. The van der Waals surface area contributed by atoms with Gasteiger partial charge in [-0.15, -0.1) is 0 Å². The third kappa shape index (κ3) is 32.1. The van der Waals surface area contributed by atoms with E-state index in [-0.39, 0.29) is 0 Å². The van der Waals surface area contributed by atoms with Crippen LogP contribution in [0.15, 0.2) is 0 Å². The monoisotopic (exact) mass is 355 g/mol. The van der Waals surface area contributed by atoms with E-state index < -0.39 is 0 Å². The topological polar surface area (TPSA) is 12.0 Å². The van der Waals surface area contributed by atoms with Gasteiger partial charge < -0.3 is 5.32 Å². The first-order valence-electron chi connectivity index (χ1n) is 12.0. The number of rotatable bonds is 19. The summed E-state index contributed by atoms with van der Waals surface area (Å²) in [5.41, 5.74) is 0. The van der Waals surface area contributed by atoms with Gasteiger partial charge >= 0.3 is 0 Å². The molecule has 0 saturated heterocycles. The molecule has 0 amide bonds. The number of unbranched alkanes of at least 4 members (excludes halogenated alkanes) is 15. The van der Waals surface area contributed by atoms with Crippen LogP contribution in [0, 0.1) is 0 Å². The van der Waals surface area contributed by atoms with Crippen molar-refractivity contribution in [2.45, 2.75) is 143 Å². The Morgan fingerprint density at radius 1 is 0.320 bits per heavy atom. The molecule has 0 aliphatic heterocycles.